The van der Waals surface area contributed by atoms with Crippen molar-refractivity contribution in [2.24, 2.45) is 5.92 Å². The van der Waals surface area contributed by atoms with Crippen LogP contribution in [0.2, 0.25) is 0 Å². The van der Waals surface area contributed by atoms with Gasteiger partial charge in [-0.2, -0.15) is 0 Å². The molecule has 2 rings (SSSR count). The van der Waals surface area contributed by atoms with Crippen molar-refractivity contribution in [2.45, 2.75) is 17.0 Å². The molecule has 2 saturated heterocycles. The molecule has 2 aliphatic heterocycles. The number of amides is 1. The zero-order valence-electron chi connectivity index (χ0n) is 6.79. The van der Waals surface area contributed by atoms with Crippen LogP contribution in [0, 0.1) is 5.92 Å². The summed E-state index contributed by atoms with van der Waals surface area (Å²) in [6.07, 6.45) is 0. The maximum absolute atomic E-state index is 10.8. The van der Waals surface area contributed by atoms with E-state index in [-0.39, 0.29) is 46.6 Å². The summed E-state index contributed by atoms with van der Waals surface area (Å²) in [6, 6.07) is 0. The van der Waals surface area contributed by atoms with Crippen LogP contribution in [0.1, 0.15) is 6.92 Å². The van der Waals surface area contributed by atoms with Crippen LogP contribution in [0.15, 0.2) is 0 Å². The minimum Gasteiger partial charge on any atom is -0.547 e. The van der Waals surface area contributed by atoms with Crippen LogP contribution < -0.4 is 40.0 Å². The van der Waals surface area contributed by atoms with E-state index >= 15 is 0 Å². The maximum atomic E-state index is 10.8. The minimum atomic E-state index is -1.18. The number of β-lactam (4-membered cyclic amide) rings is 1. The third-order valence-electron chi connectivity index (χ3n) is 2.17. The maximum Gasteiger partial charge on any atom is 1.00 e. The number of hydrogen-bond donors (Lipinski definition) is 1. The quantitative estimate of drug-likeness (QED) is 0.337. The Morgan fingerprint density at radius 1 is 1.75 bits per heavy atom. The van der Waals surface area contributed by atoms with Crippen LogP contribution in [0.3, 0.4) is 0 Å². The van der Waals surface area contributed by atoms with Crippen molar-refractivity contribution in [3.8, 4) is 0 Å². The van der Waals surface area contributed by atoms with Crippen LogP contribution in [-0.4, -0.2) is 22.0 Å². The molecule has 0 saturated carbocycles. The van der Waals surface area contributed by atoms with Gasteiger partial charge in [-0.1, -0.05) is 6.92 Å². The van der Waals surface area contributed by atoms with E-state index in [0.29, 0.717) is 0 Å². The van der Waals surface area contributed by atoms with Gasteiger partial charge in [-0.15, -0.1) is 11.8 Å². The van der Waals surface area contributed by atoms with E-state index in [1.54, 1.807) is 0 Å². The molecule has 0 aromatic carbocycles. The molecule has 0 radical (unpaired) electrons. The van der Waals surface area contributed by atoms with E-state index in [1.807, 2.05) is 6.92 Å². The third kappa shape index (κ3) is 0.968. The van der Waals surface area contributed by atoms with E-state index < -0.39 is 10.8 Å². The van der Waals surface area contributed by atoms with Crippen LogP contribution in [0.4, 0.5) is 0 Å². The Balaban J connectivity index is 0.000000720. The van der Waals surface area contributed by atoms with Crippen LogP contribution in [0.25, 0.3) is 0 Å². The van der Waals surface area contributed by atoms with Gasteiger partial charge in [0, 0.05) is 5.25 Å². The van der Waals surface area contributed by atoms with Crippen molar-refractivity contribution in [1.82, 2.24) is 5.32 Å². The fourth-order valence-electron chi connectivity index (χ4n) is 1.61. The molecule has 1 N–H and O–H groups in total. The number of carbonyl (C=O) groups is 2. The number of hydrogen-bond acceptors (Lipinski definition) is 4. The first-order chi connectivity index (χ1) is 5.08. The second-order valence-corrected chi connectivity index (χ2v) is 4.44. The van der Waals surface area contributed by atoms with Gasteiger partial charge in [0.2, 0.25) is 5.91 Å². The summed E-state index contributed by atoms with van der Waals surface area (Å²) in [4.78, 5) is 20.2. The molecule has 1 amide bonds. The third-order valence-corrected chi connectivity index (χ3v) is 3.71. The number of nitrogens with one attached hydrogen (secondary N) is 1. The Kier molecular flexibility index (Phi) is 2.51. The van der Waals surface area contributed by atoms with Gasteiger partial charge in [-0.05, 0) is 0 Å². The average molecular weight is 195 g/mol. The minimum absolute atomic E-state index is 0. The van der Waals surface area contributed by atoms with Crippen molar-refractivity contribution in [1.29, 1.82) is 0 Å². The standard InChI is InChI=1S/C6H7NO3S.Na/c1-2-3-4(8)7-6(3,11-2)5(9)10;/h2-3H,1H3,(H,7,8)(H,9,10);/q;+1/p-1. The van der Waals surface area contributed by atoms with Crippen LogP contribution in [-0.2, 0) is 9.59 Å². The number of aliphatic carboxylic acids is 1. The van der Waals surface area contributed by atoms with E-state index in [1.165, 1.54) is 11.8 Å². The number of fused-ring (bicyclic) bond motifs is 1. The van der Waals surface area contributed by atoms with Crippen molar-refractivity contribution >= 4 is 23.6 Å². The van der Waals surface area contributed by atoms with Gasteiger partial charge >= 0.3 is 29.6 Å². The summed E-state index contributed by atoms with van der Waals surface area (Å²) in [6.45, 7) is 1.84. The number of thioether (sulfide) groups is 1. The summed E-state index contributed by atoms with van der Waals surface area (Å²) < 4.78 is 0. The largest absolute Gasteiger partial charge is 1.00 e. The summed E-state index contributed by atoms with van der Waals surface area (Å²) >= 11 is 1.24. The van der Waals surface area contributed by atoms with Gasteiger partial charge in [0.05, 0.1) is 11.9 Å². The molecule has 6 heteroatoms. The van der Waals surface area contributed by atoms with E-state index in [2.05, 4.69) is 5.32 Å². The van der Waals surface area contributed by atoms with Gasteiger partial charge in [0.25, 0.3) is 0 Å². The zero-order chi connectivity index (χ0) is 8.22. The van der Waals surface area contributed by atoms with Gasteiger partial charge in [-0.25, -0.2) is 0 Å². The Bertz CT molecular complexity index is 259. The van der Waals surface area contributed by atoms with Crippen LogP contribution >= 0.6 is 11.8 Å². The molecule has 3 unspecified atom stereocenters. The van der Waals surface area contributed by atoms with Gasteiger partial charge < -0.3 is 15.2 Å². The molecule has 0 aliphatic carbocycles. The first-order valence-corrected chi connectivity index (χ1v) is 4.17. The van der Waals surface area contributed by atoms with Crippen LogP contribution in [0.5, 0.6) is 0 Å². The molecule has 0 aromatic rings. The molecular weight excluding hydrogens is 189 g/mol. The van der Waals surface area contributed by atoms with E-state index in [9.17, 15) is 14.7 Å². The topological polar surface area (TPSA) is 69.2 Å². The molecule has 2 fully saturated rings. The van der Waals surface area contributed by atoms with Gasteiger partial charge in [0.1, 0.15) is 4.87 Å². The average Bonchev–Trinajstić information content (AvgIpc) is 1.82. The molecule has 0 aromatic heterocycles. The molecule has 0 bridgehead atoms. The molecule has 0 spiro atoms. The smallest absolute Gasteiger partial charge is 0.547 e. The van der Waals surface area contributed by atoms with Crippen molar-refractivity contribution in [3.63, 3.8) is 0 Å². The second kappa shape index (κ2) is 2.90. The normalized spacial score (nSPS) is 42.6. The number of rotatable bonds is 1. The number of carboxylic acids is 1. The first kappa shape index (κ1) is 10.4. The molecule has 12 heavy (non-hydrogen) atoms. The molecular formula is C6H6NNaO3S. The van der Waals surface area contributed by atoms with E-state index in [0.717, 1.165) is 0 Å². The molecule has 2 heterocycles. The molecule has 4 nitrogen and oxygen atoms in total. The molecule has 3 atom stereocenters. The Hall–Kier alpha value is 0.290. The Morgan fingerprint density at radius 2 is 2.33 bits per heavy atom. The van der Waals surface area contributed by atoms with Crippen molar-refractivity contribution < 1.29 is 44.3 Å². The summed E-state index contributed by atoms with van der Waals surface area (Å²) in [5, 5.41) is 13.0. The van der Waals surface area contributed by atoms with E-state index in [4.69, 9.17) is 0 Å². The predicted octanol–water partition coefficient (Wildman–Crippen LogP) is -4.68. The van der Waals surface area contributed by atoms with Gasteiger partial charge in [0.15, 0.2) is 0 Å². The van der Waals surface area contributed by atoms with Crippen molar-refractivity contribution in [2.75, 3.05) is 0 Å². The Labute approximate surface area is 95.8 Å². The SMILES string of the molecule is CC1SC2(C(=O)[O-])NC(=O)C12.[Na+]. The first-order valence-electron chi connectivity index (χ1n) is 3.29. The van der Waals surface area contributed by atoms with Crippen molar-refractivity contribution in [3.05, 3.63) is 0 Å². The molecule has 2 aliphatic rings. The second-order valence-electron chi connectivity index (χ2n) is 2.81. The zero-order valence-corrected chi connectivity index (χ0v) is 9.60. The monoisotopic (exact) mass is 195 g/mol. The summed E-state index contributed by atoms with van der Waals surface area (Å²) in [5.74, 6) is -1.71. The fourth-order valence-corrected chi connectivity index (χ4v) is 3.15. The molecule has 60 valence electrons. The number of carboxylic acid groups (broad SMARTS) is 1. The van der Waals surface area contributed by atoms with Gasteiger partial charge in [-0.3, -0.25) is 4.79 Å². The fraction of sp³-hybridized carbons (Fsp3) is 0.667. The Morgan fingerprint density at radius 3 is 2.58 bits per heavy atom. The summed E-state index contributed by atoms with van der Waals surface area (Å²) in [7, 11) is 0. The predicted molar refractivity (Wildman–Crippen MR) is 36.4 cm³/mol. The summed E-state index contributed by atoms with van der Waals surface area (Å²) in [5.41, 5.74) is 0. The number of carbonyl (C=O) groups excluding carboxylic acids is 2.